The Bertz CT molecular complexity index is 1700. The monoisotopic (exact) mass is 551 g/mol. The molecule has 10 nitrogen and oxygen atoms in total. The lowest BCUT2D eigenvalue weighted by Gasteiger charge is -2.22. The molecule has 10 heteroatoms. The lowest BCUT2D eigenvalue weighted by Crippen LogP contribution is -2.28. The number of aryl methyl sites for hydroxylation is 1. The second-order valence-electron chi connectivity index (χ2n) is 10.1. The Hall–Kier alpha value is -4.96. The Morgan fingerprint density at radius 3 is 2.44 bits per heavy atom. The van der Waals surface area contributed by atoms with Gasteiger partial charge in [-0.2, -0.15) is 0 Å². The molecular weight excluding hydrogens is 518 g/mol. The average molecular weight is 552 g/mol. The van der Waals surface area contributed by atoms with Crippen molar-refractivity contribution in [3.8, 4) is 28.3 Å². The van der Waals surface area contributed by atoms with E-state index in [0.29, 0.717) is 29.6 Å². The fraction of sp³-hybridized carbons (Fsp3) is 0.226. The van der Waals surface area contributed by atoms with Crippen LogP contribution in [0.2, 0.25) is 0 Å². The largest absolute Gasteiger partial charge is 0.494 e. The van der Waals surface area contributed by atoms with E-state index >= 15 is 0 Å². The van der Waals surface area contributed by atoms with E-state index in [1.165, 1.54) is 13.2 Å². The van der Waals surface area contributed by atoms with Crippen LogP contribution in [0, 0.1) is 10.1 Å². The minimum atomic E-state index is -0.383. The Balaban J connectivity index is 1.58. The van der Waals surface area contributed by atoms with Crippen LogP contribution in [0.25, 0.3) is 33.4 Å². The number of hydrogen-bond acceptors (Lipinski definition) is 8. The number of aromatic nitrogens is 3. The van der Waals surface area contributed by atoms with Crippen LogP contribution in [0.3, 0.4) is 0 Å². The molecule has 41 heavy (non-hydrogen) atoms. The van der Waals surface area contributed by atoms with E-state index in [9.17, 15) is 10.1 Å². The first-order chi connectivity index (χ1) is 19.8. The maximum Gasteiger partial charge on any atom is 0.294 e. The van der Waals surface area contributed by atoms with Gasteiger partial charge in [0.1, 0.15) is 11.4 Å². The summed E-state index contributed by atoms with van der Waals surface area (Å²) in [4.78, 5) is 24.9. The van der Waals surface area contributed by atoms with Crippen molar-refractivity contribution in [1.29, 1.82) is 0 Å². The van der Waals surface area contributed by atoms with Crippen LogP contribution in [0.15, 0.2) is 79.0 Å². The molecule has 3 aromatic carbocycles. The number of nitro groups is 1. The van der Waals surface area contributed by atoms with Crippen LogP contribution in [-0.2, 0) is 7.05 Å². The first-order valence-corrected chi connectivity index (χ1v) is 13.2. The first-order valence-electron chi connectivity index (χ1n) is 13.2. The molecule has 2 heterocycles. The van der Waals surface area contributed by atoms with Gasteiger partial charge < -0.3 is 24.4 Å². The molecule has 5 aromatic rings. The summed E-state index contributed by atoms with van der Waals surface area (Å²) in [6.07, 6.45) is 1.69. The summed E-state index contributed by atoms with van der Waals surface area (Å²) in [5.74, 6) is 0.752. The number of para-hydroxylation sites is 1. The van der Waals surface area contributed by atoms with Gasteiger partial charge in [0.25, 0.3) is 5.69 Å². The van der Waals surface area contributed by atoms with E-state index in [1.807, 2.05) is 67.3 Å². The molecule has 0 saturated heterocycles. The van der Waals surface area contributed by atoms with Gasteiger partial charge in [-0.1, -0.05) is 48.5 Å². The number of nitrogens with zero attached hydrogens (tertiary/aromatic N) is 6. The number of benzene rings is 3. The van der Waals surface area contributed by atoms with Gasteiger partial charge in [-0.15, -0.1) is 0 Å². The number of nitro benzene ring substituents is 1. The van der Waals surface area contributed by atoms with Crippen LogP contribution in [-0.4, -0.2) is 65.7 Å². The molecule has 0 saturated carbocycles. The van der Waals surface area contributed by atoms with Crippen molar-refractivity contribution in [3.63, 3.8) is 0 Å². The number of rotatable bonds is 10. The molecule has 0 aliphatic carbocycles. The van der Waals surface area contributed by atoms with Gasteiger partial charge in [-0.25, -0.2) is 9.97 Å². The Kier molecular flexibility index (Phi) is 7.84. The average Bonchev–Trinajstić information content (AvgIpc) is 3.28. The molecule has 0 aliphatic rings. The van der Waals surface area contributed by atoms with Crippen molar-refractivity contribution in [3.05, 3.63) is 89.1 Å². The van der Waals surface area contributed by atoms with Crippen LogP contribution in [0.4, 0.5) is 23.0 Å². The second kappa shape index (κ2) is 11.6. The first kappa shape index (κ1) is 27.6. The van der Waals surface area contributed by atoms with Gasteiger partial charge in [0, 0.05) is 62.0 Å². The Labute approximate surface area is 239 Å². The third-order valence-electron chi connectivity index (χ3n) is 7.10. The number of nitrogens with one attached hydrogen (secondary N) is 1. The van der Waals surface area contributed by atoms with Crippen molar-refractivity contribution >= 4 is 33.9 Å². The van der Waals surface area contributed by atoms with Crippen molar-refractivity contribution in [2.75, 3.05) is 51.6 Å². The molecule has 0 aliphatic heterocycles. The molecule has 0 radical (unpaired) electrons. The quantitative estimate of drug-likeness (QED) is 0.168. The summed E-state index contributed by atoms with van der Waals surface area (Å²) in [6, 6.07) is 23.4. The number of anilines is 3. The lowest BCUT2D eigenvalue weighted by atomic mass is 10.0. The summed E-state index contributed by atoms with van der Waals surface area (Å²) in [5.41, 5.74) is 5.74. The topological polar surface area (TPSA) is 102 Å². The van der Waals surface area contributed by atoms with E-state index in [4.69, 9.17) is 9.72 Å². The summed E-state index contributed by atoms with van der Waals surface area (Å²) in [6.45, 7) is 1.36. The SMILES string of the molecule is COc1cc(N(C)CCN(C)C)c([N+](=O)[O-])cc1Nc1nccc(-c2c(-c3ccccc3)n(C)c3ccccc23)n1. The predicted octanol–water partition coefficient (Wildman–Crippen LogP) is 5.96. The van der Waals surface area contributed by atoms with Crippen LogP contribution in [0.1, 0.15) is 0 Å². The van der Waals surface area contributed by atoms with E-state index < -0.39 is 0 Å². The highest BCUT2D eigenvalue weighted by atomic mass is 16.6. The number of likely N-dealkylation sites (N-methyl/N-ethyl adjacent to an activating group) is 2. The van der Waals surface area contributed by atoms with Crippen molar-refractivity contribution in [2.24, 2.45) is 7.05 Å². The van der Waals surface area contributed by atoms with Gasteiger partial charge in [0.2, 0.25) is 5.95 Å². The van der Waals surface area contributed by atoms with Crippen molar-refractivity contribution in [1.82, 2.24) is 19.4 Å². The zero-order valence-corrected chi connectivity index (χ0v) is 23.8. The van der Waals surface area contributed by atoms with Crippen molar-refractivity contribution in [2.45, 2.75) is 0 Å². The second-order valence-corrected chi connectivity index (χ2v) is 10.1. The molecule has 1 N–H and O–H groups in total. The van der Waals surface area contributed by atoms with Gasteiger partial charge in [0.15, 0.2) is 0 Å². The zero-order valence-electron chi connectivity index (χ0n) is 23.8. The lowest BCUT2D eigenvalue weighted by molar-refractivity contribution is -0.384. The van der Waals surface area contributed by atoms with Gasteiger partial charge in [-0.05, 0) is 31.8 Å². The van der Waals surface area contributed by atoms with Crippen LogP contribution in [0.5, 0.6) is 5.75 Å². The Morgan fingerprint density at radius 1 is 1.00 bits per heavy atom. The summed E-state index contributed by atoms with van der Waals surface area (Å²) >= 11 is 0. The predicted molar refractivity (Wildman–Crippen MR) is 164 cm³/mol. The summed E-state index contributed by atoms with van der Waals surface area (Å²) in [7, 11) is 9.35. The number of hydrogen-bond donors (Lipinski definition) is 1. The maximum absolute atomic E-state index is 12.1. The third kappa shape index (κ3) is 5.55. The van der Waals surface area contributed by atoms with Gasteiger partial charge in [0.05, 0.1) is 29.1 Å². The smallest absolute Gasteiger partial charge is 0.294 e. The van der Waals surface area contributed by atoms with Gasteiger partial charge >= 0.3 is 0 Å². The van der Waals surface area contributed by atoms with E-state index in [1.54, 1.807) is 12.3 Å². The fourth-order valence-corrected chi connectivity index (χ4v) is 5.01. The normalized spacial score (nSPS) is 11.2. The summed E-state index contributed by atoms with van der Waals surface area (Å²) < 4.78 is 7.81. The molecule has 0 amide bonds. The highest BCUT2D eigenvalue weighted by Crippen LogP contribution is 2.41. The number of methoxy groups -OCH3 is 1. The van der Waals surface area contributed by atoms with Crippen LogP contribution >= 0.6 is 0 Å². The molecular formula is C31H33N7O3. The molecule has 0 bridgehead atoms. The highest BCUT2D eigenvalue weighted by molar-refractivity contribution is 6.03. The minimum absolute atomic E-state index is 0.0360. The zero-order chi connectivity index (χ0) is 29.1. The molecule has 5 rings (SSSR count). The van der Waals surface area contributed by atoms with E-state index in [2.05, 4.69) is 46.2 Å². The van der Waals surface area contributed by atoms with E-state index in [0.717, 1.165) is 40.0 Å². The molecule has 210 valence electrons. The fourth-order valence-electron chi connectivity index (χ4n) is 5.01. The molecule has 0 unspecified atom stereocenters. The Morgan fingerprint density at radius 2 is 1.73 bits per heavy atom. The molecule has 0 atom stereocenters. The van der Waals surface area contributed by atoms with Gasteiger partial charge in [-0.3, -0.25) is 10.1 Å². The van der Waals surface area contributed by atoms with E-state index in [-0.39, 0.29) is 10.6 Å². The number of fused-ring (bicyclic) bond motifs is 1. The number of ether oxygens (including phenoxy) is 1. The summed E-state index contributed by atoms with van der Waals surface area (Å²) in [5, 5.41) is 16.3. The minimum Gasteiger partial charge on any atom is -0.494 e. The maximum atomic E-state index is 12.1. The van der Waals surface area contributed by atoms with Crippen molar-refractivity contribution < 1.29 is 9.66 Å². The molecule has 2 aromatic heterocycles. The standard InChI is InChI=1S/C31H33N7O3/c1-35(2)17-18-36(3)26-20-28(41-5)24(19-27(26)38(39)40)34-31-32-16-15-23(33-31)29-22-13-9-10-14-25(22)37(4)30(29)21-11-7-6-8-12-21/h6-16,19-20H,17-18H2,1-5H3,(H,32,33,34). The molecule has 0 spiro atoms. The van der Waals surface area contributed by atoms with Crippen LogP contribution < -0.4 is 15.0 Å². The highest BCUT2D eigenvalue weighted by Gasteiger charge is 2.23. The molecule has 0 fully saturated rings. The third-order valence-corrected chi connectivity index (χ3v) is 7.10.